The molecule has 2 aromatic rings. The number of hydrogen-bond acceptors (Lipinski definition) is 4. The highest BCUT2D eigenvalue weighted by Crippen LogP contribution is 2.20. The van der Waals surface area contributed by atoms with E-state index in [4.69, 9.17) is 4.74 Å². The van der Waals surface area contributed by atoms with Crippen LogP contribution in [0.25, 0.3) is 0 Å². The lowest BCUT2D eigenvalue weighted by molar-refractivity contribution is -0.119. The molecule has 0 bridgehead atoms. The smallest absolute Gasteiger partial charge is 0.338 e. The first-order valence-electron chi connectivity index (χ1n) is 9.88. The van der Waals surface area contributed by atoms with Gasteiger partial charge >= 0.3 is 5.97 Å². The number of esters is 1. The summed E-state index contributed by atoms with van der Waals surface area (Å²) in [7, 11) is 0. The van der Waals surface area contributed by atoms with E-state index in [0.717, 1.165) is 36.8 Å². The van der Waals surface area contributed by atoms with Gasteiger partial charge in [0.1, 0.15) is 0 Å². The Morgan fingerprint density at radius 3 is 2.45 bits per heavy atom. The number of para-hydroxylation sites is 1. The van der Waals surface area contributed by atoms with Crippen molar-refractivity contribution in [3.63, 3.8) is 0 Å². The summed E-state index contributed by atoms with van der Waals surface area (Å²) in [5, 5.41) is 5.69. The fourth-order valence-electron chi connectivity index (χ4n) is 3.56. The average Bonchev–Trinajstić information content (AvgIpc) is 3.19. The summed E-state index contributed by atoms with van der Waals surface area (Å²) in [6, 6.07) is 12.4. The molecule has 0 spiro atoms. The van der Waals surface area contributed by atoms with E-state index in [1.54, 1.807) is 30.3 Å². The molecule has 29 heavy (non-hydrogen) atoms. The predicted molar refractivity (Wildman–Crippen MR) is 111 cm³/mol. The van der Waals surface area contributed by atoms with Crippen molar-refractivity contribution in [2.24, 2.45) is 0 Å². The van der Waals surface area contributed by atoms with E-state index in [-0.39, 0.29) is 11.9 Å². The quantitative estimate of drug-likeness (QED) is 0.731. The molecule has 0 unspecified atom stereocenters. The molecule has 0 saturated heterocycles. The largest absolute Gasteiger partial charge is 0.452 e. The lowest BCUT2D eigenvalue weighted by atomic mass is 10.1. The van der Waals surface area contributed by atoms with Gasteiger partial charge in [0.2, 0.25) is 0 Å². The minimum Gasteiger partial charge on any atom is -0.452 e. The Morgan fingerprint density at radius 1 is 1.00 bits per heavy atom. The van der Waals surface area contributed by atoms with Crippen LogP contribution >= 0.6 is 0 Å². The van der Waals surface area contributed by atoms with E-state index in [1.165, 1.54) is 0 Å². The van der Waals surface area contributed by atoms with Crippen molar-refractivity contribution in [3.8, 4) is 0 Å². The standard InChI is InChI=1S/C23H26N2O4/c1-15-11-12-18(16(2)13-15)23(28)29-14-21(26)25-20-10-6-5-9-19(20)22(27)24-17-7-3-4-8-17/h5-6,9-13,17H,3-4,7-8,14H2,1-2H3,(H,24,27)(H,25,26). The summed E-state index contributed by atoms with van der Waals surface area (Å²) in [6.07, 6.45) is 4.20. The zero-order valence-corrected chi connectivity index (χ0v) is 16.8. The summed E-state index contributed by atoms with van der Waals surface area (Å²) in [6.45, 7) is 3.34. The van der Waals surface area contributed by atoms with Gasteiger partial charge in [0, 0.05) is 6.04 Å². The average molecular weight is 394 g/mol. The predicted octanol–water partition coefficient (Wildman–Crippen LogP) is 3.77. The second-order valence-electron chi connectivity index (χ2n) is 7.44. The molecule has 2 amide bonds. The molecule has 3 rings (SSSR count). The Hall–Kier alpha value is -3.15. The van der Waals surface area contributed by atoms with Crippen molar-refractivity contribution >= 4 is 23.5 Å². The number of aryl methyl sites for hydroxylation is 2. The summed E-state index contributed by atoms with van der Waals surface area (Å²) >= 11 is 0. The maximum Gasteiger partial charge on any atom is 0.338 e. The van der Waals surface area contributed by atoms with Crippen molar-refractivity contribution in [1.82, 2.24) is 5.32 Å². The maximum absolute atomic E-state index is 12.6. The van der Waals surface area contributed by atoms with Gasteiger partial charge in [-0.2, -0.15) is 0 Å². The van der Waals surface area contributed by atoms with E-state index in [2.05, 4.69) is 10.6 Å². The summed E-state index contributed by atoms with van der Waals surface area (Å²) in [4.78, 5) is 37.1. The monoisotopic (exact) mass is 394 g/mol. The van der Waals surface area contributed by atoms with Crippen LogP contribution in [0.1, 0.15) is 57.5 Å². The third kappa shape index (κ3) is 5.44. The van der Waals surface area contributed by atoms with Gasteiger partial charge in [0.05, 0.1) is 16.8 Å². The van der Waals surface area contributed by atoms with Gasteiger partial charge in [-0.05, 0) is 50.5 Å². The van der Waals surface area contributed by atoms with Crippen molar-refractivity contribution in [2.75, 3.05) is 11.9 Å². The molecular weight excluding hydrogens is 368 g/mol. The molecule has 6 nitrogen and oxygen atoms in total. The van der Waals surface area contributed by atoms with Crippen LogP contribution in [0.2, 0.25) is 0 Å². The normalized spacial score (nSPS) is 13.7. The molecule has 1 aliphatic carbocycles. The van der Waals surface area contributed by atoms with Gasteiger partial charge in [-0.15, -0.1) is 0 Å². The van der Waals surface area contributed by atoms with E-state index in [1.807, 2.05) is 26.0 Å². The third-order valence-corrected chi connectivity index (χ3v) is 5.07. The Kier molecular flexibility index (Phi) is 6.65. The minimum absolute atomic E-state index is 0.185. The first-order valence-corrected chi connectivity index (χ1v) is 9.88. The van der Waals surface area contributed by atoms with Crippen molar-refractivity contribution < 1.29 is 19.1 Å². The first kappa shape index (κ1) is 20.6. The second kappa shape index (κ2) is 9.37. The van der Waals surface area contributed by atoms with E-state index in [0.29, 0.717) is 16.8 Å². The third-order valence-electron chi connectivity index (χ3n) is 5.07. The fraction of sp³-hybridized carbons (Fsp3) is 0.348. The Balaban J connectivity index is 1.59. The number of anilines is 1. The number of nitrogens with one attached hydrogen (secondary N) is 2. The highest BCUT2D eigenvalue weighted by atomic mass is 16.5. The highest BCUT2D eigenvalue weighted by Gasteiger charge is 2.20. The van der Waals surface area contributed by atoms with Gasteiger partial charge in [0.15, 0.2) is 6.61 Å². The molecule has 0 heterocycles. The number of ether oxygens (including phenoxy) is 1. The highest BCUT2D eigenvalue weighted by molar-refractivity contribution is 6.04. The lowest BCUT2D eigenvalue weighted by Crippen LogP contribution is -2.33. The summed E-state index contributed by atoms with van der Waals surface area (Å²) < 4.78 is 5.14. The molecule has 0 aliphatic heterocycles. The van der Waals surface area contributed by atoms with Gasteiger partial charge in [-0.3, -0.25) is 9.59 Å². The molecule has 2 N–H and O–H groups in total. The van der Waals surface area contributed by atoms with Gasteiger partial charge in [-0.25, -0.2) is 4.79 Å². The Labute approximate surface area is 170 Å². The number of amides is 2. The Morgan fingerprint density at radius 2 is 1.72 bits per heavy atom. The molecule has 152 valence electrons. The van der Waals surface area contributed by atoms with Gasteiger partial charge < -0.3 is 15.4 Å². The molecule has 2 aromatic carbocycles. The van der Waals surface area contributed by atoms with Crippen LogP contribution < -0.4 is 10.6 Å². The van der Waals surface area contributed by atoms with Crippen LogP contribution in [-0.2, 0) is 9.53 Å². The molecule has 6 heteroatoms. The van der Waals surface area contributed by atoms with Gasteiger partial charge in [0.25, 0.3) is 11.8 Å². The van der Waals surface area contributed by atoms with Gasteiger partial charge in [-0.1, -0.05) is 42.7 Å². The molecule has 1 fully saturated rings. The van der Waals surface area contributed by atoms with Crippen molar-refractivity contribution in [3.05, 3.63) is 64.7 Å². The first-order chi connectivity index (χ1) is 13.9. The number of carbonyl (C=O) groups excluding carboxylic acids is 3. The number of hydrogen-bond donors (Lipinski definition) is 2. The second-order valence-corrected chi connectivity index (χ2v) is 7.44. The van der Waals surface area contributed by atoms with E-state index in [9.17, 15) is 14.4 Å². The SMILES string of the molecule is Cc1ccc(C(=O)OCC(=O)Nc2ccccc2C(=O)NC2CCCC2)c(C)c1. The molecule has 0 aromatic heterocycles. The van der Waals surface area contributed by atoms with Crippen molar-refractivity contribution in [1.29, 1.82) is 0 Å². The van der Waals surface area contributed by atoms with Crippen molar-refractivity contribution in [2.45, 2.75) is 45.6 Å². The van der Waals surface area contributed by atoms with Crippen LogP contribution in [0.3, 0.4) is 0 Å². The number of benzene rings is 2. The minimum atomic E-state index is -0.551. The molecular formula is C23H26N2O4. The molecule has 0 radical (unpaired) electrons. The van der Waals surface area contributed by atoms with Crippen LogP contribution in [0, 0.1) is 13.8 Å². The topological polar surface area (TPSA) is 84.5 Å². The lowest BCUT2D eigenvalue weighted by Gasteiger charge is -2.15. The molecule has 1 aliphatic rings. The Bertz CT molecular complexity index is 917. The summed E-state index contributed by atoms with van der Waals surface area (Å²) in [5.41, 5.74) is 3.07. The molecule has 0 atom stereocenters. The molecule has 1 saturated carbocycles. The maximum atomic E-state index is 12.6. The van der Waals surface area contributed by atoms with Crippen LogP contribution in [0.15, 0.2) is 42.5 Å². The zero-order valence-electron chi connectivity index (χ0n) is 16.8. The number of rotatable bonds is 6. The zero-order chi connectivity index (χ0) is 20.8. The van der Waals surface area contributed by atoms with Crippen LogP contribution in [0.4, 0.5) is 5.69 Å². The summed E-state index contributed by atoms with van der Waals surface area (Å²) in [5.74, 6) is -1.26. The van der Waals surface area contributed by atoms with Crippen LogP contribution in [0.5, 0.6) is 0 Å². The number of carbonyl (C=O) groups is 3. The van der Waals surface area contributed by atoms with Crippen LogP contribution in [-0.4, -0.2) is 30.4 Å². The van der Waals surface area contributed by atoms with E-state index < -0.39 is 18.5 Å². The fourth-order valence-corrected chi connectivity index (χ4v) is 3.56. The van der Waals surface area contributed by atoms with E-state index >= 15 is 0 Å².